The van der Waals surface area contributed by atoms with Gasteiger partial charge in [-0.2, -0.15) is 5.10 Å². The van der Waals surface area contributed by atoms with Crippen molar-refractivity contribution in [2.45, 2.75) is 6.54 Å². The molecule has 0 atom stereocenters. The molecule has 5 aromatic rings. The number of hydrogen-bond acceptors (Lipinski definition) is 4. The molecule has 0 aliphatic carbocycles. The number of nitrogens with one attached hydrogen (secondary N) is 2. The first-order valence-corrected chi connectivity index (χ1v) is 10.8. The maximum Gasteiger partial charge on any atom is 0.266 e. The van der Waals surface area contributed by atoms with Crippen molar-refractivity contribution in [3.8, 4) is 11.4 Å². The number of benzene rings is 3. The molecule has 0 spiro atoms. The summed E-state index contributed by atoms with van der Waals surface area (Å²) in [6.45, 7) is 0.334. The Balaban J connectivity index is 1.37. The molecule has 1 amide bonds. The van der Waals surface area contributed by atoms with Crippen LogP contribution in [0.2, 0.25) is 0 Å². The predicted octanol–water partition coefficient (Wildman–Crippen LogP) is 4.30. The van der Waals surface area contributed by atoms with E-state index in [1.807, 2.05) is 36.5 Å². The van der Waals surface area contributed by atoms with Crippen LogP contribution < -0.4 is 10.9 Å². The zero-order chi connectivity index (χ0) is 23.7. The van der Waals surface area contributed by atoms with E-state index in [0.717, 1.165) is 15.8 Å². The van der Waals surface area contributed by atoms with E-state index in [-0.39, 0.29) is 16.4 Å². The van der Waals surface area contributed by atoms with Gasteiger partial charge in [0.05, 0.1) is 22.3 Å². The van der Waals surface area contributed by atoms with Gasteiger partial charge in [0, 0.05) is 24.5 Å². The monoisotopic (exact) mass is 471 g/mol. The molecule has 0 unspecified atom stereocenters. The number of hydrogen-bond donors (Lipinski definition) is 2. The highest BCUT2D eigenvalue weighted by atomic mass is 32.1. The number of aromatic nitrogens is 4. The number of rotatable bonds is 5. The van der Waals surface area contributed by atoms with Crippen LogP contribution in [0.1, 0.15) is 15.9 Å². The van der Waals surface area contributed by atoms with Crippen molar-refractivity contribution < 1.29 is 9.18 Å². The first-order valence-electron chi connectivity index (χ1n) is 10.4. The zero-order valence-corrected chi connectivity index (χ0v) is 18.6. The summed E-state index contributed by atoms with van der Waals surface area (Å²) in [6, 6.07) is 20.1. The fraction of sp³-hybridized carbons (Fsp3) is 0.0400. The van der Waals surface area contributed by atoms with E-state index in [4.69, 9.17) is 12.2 Å². The lowest BCUT2D eigenvalue weighted by molar-refractivity contribution is 0.0951. The van der Waals surface area contributed by atoms with Gasteiger partial charge in [-0.25, -0.2) is 13.6 Å². The molecule has 34 heavy (non-hydrogen) atoms. The lowest BCUT2D eigenvalue weighted by atomic mass is 10.1. The van der Waals surface area contributed by atoms with Crippen LogP contribution in [0, 0.1) is 10.6 Å². The number of fused-ring (bicyclic) bond motifs is 1. The summed E-state index contributed by atoms with van der Waals surface area (Å²) in [5.41, 5.74) is 2.22. The molecule has 2 heterocycles. The van der Waals surface area contributed by atoms with Crippen molar-refractivity contribution in [2.75, 3.05) is 0 Å². The molecule has 9 heteroatoms. The molecule has 0 fully saturated rings. The first-order chi connectivity index (χ1) is 16.5. The smallest absolute Gasteiger partial charge is 0.266 e. The molecule has 0 radical (unpaired) electrons. The highest BCUT2D eigenvalue weighted by molar-refractivity contribution is 7.71. The highest BCUT2D eigenvalue weighted by Crippen LogP contribution is 2.16. The Bertz CT molecular complexity index is 1620. The maximum atomic E-state index is 14.2. The van der Waals surface area contributed by atoms with Crippen molar-refractivity contribution >= 4 is 29.0 Å². The lowest BCUT2D eigenvalue weighted by Gasteiger charge is -2.10. The molecular weight excluding hydrogens is 453 g/mol. The van der Waals surface area contributed by atoms with Crippen LogP contribution in [0.4, 0.5) is 4.39 Å². The molecule has 0 bridgehead atoms. The molecule has 168 valence electrons. The highest BCUT2D eigenvalue weighted by Gasteiger charge is 2.13. The Morgan fingerprint density at radius 3 is 2.59 bits per heavy atom. The molecule has 2 N–H and O–H groups in total. The van der Waals surface area contributed by atoms with E-state index in [9.17, 15) is 14.0 Å². The van der Waals surface area contributed by atoms with Gasteiger partial charge in [0.2, 0.25) is 0 Å². The van der Waals surface area contributed by atoms with Gasteiger partial charge in [-0.1, -0.05) is 24.3 Å². The van der Waals surface area contributed by atoms with E-state index < -0.39 is 11.4 Å². The second-order valence-corrected chi connectivity index (χ2v) is 7.97. The molecule has 5 rings (SSSR count). The lowest BCUT2D eigenvalue weighted by Crippen LogP contribution is -2.24. The van der Waals surface area contributed by atoms with Crippen molar-refractivity contribution in [1.29, 1.82) is 0 Å². The predicted molar refractivity (Wildman–Crippen MR) is 129 cm³/mol. The Labute approximate surface area is 198 Å². The third kappa shape index (κ3) is 4.04. The van der Waals surface area contributed by atoms with Crippen molar-refractivity contribution in [3.05, 3.63) is 117 Å². The molecule has 0 aliphatic rings. The number of carbonyl (C=O) groups is 1. The second-order valence-electron chi connectivity index (χ2n) is 7.58. The minimum atomic E-state index is -0.558. The molecular formula is C25H18FN5O2S. The fourth-order valence-electron chi connectivity index (χ4n) is 3.68. The summed E-state index contributed by atoms with van der Waals surface area (Å²) in [6.07, 6.45) is 3.56. The molecule has 3 aromatic carbocycles. The van der Waals surface area contributed by atoms with Crippen molar-refractivity contribution in [3.63, 3.8) is 0 Å². The van der Waals surface area contributed by atoms with E-state index in [1.165, 1.54) is 24.3 Å². The van der Waals surface area contributed by atoms with Gasteiger partial charge in [-0.3, -0.25) is 9.59 Å². The molecule has 2 aromatic heterocycles. The topological polar surface area (TPSA) is 84.7 Å². The molecule has 0 aliphatic heterocycles. The van der Waals surface area contributed by atoms with Crippen LogP contribution >= 0.6 is 12.2 Å². The van der Waals surface area contributed by atoms with E-state index in [0.29, 0.717) is 23.0 Å². The van der Waals surface area contributed by atoms with Gasteiger partial charge in [0.15, 0.2) is 4.77 Å². The van der Waals surface area contributed by atoms with Crippen LogP contribution in [-0.2, 0) is 6.54 Å². The number of H-pyrrole nitrogens is 1. The maximum absolute atomic E-state index is 14.2. The van der Waals surface area contributed by atoms with Gasteiger partial charge in [-0.15, -0.1) is 0 Å². The first kappa shape index (κ1) is 21.5. The van der Waals surface area contributed by atoms with Crippen molar-refractivity contribution in [1.82, 2.24) is 24.6 Å². The average molecular weight is 472 g/mol. The normalized spacial score (nSPS) is 11.0. The van der Waals surface area contributed by atoms with Gasteiger partial charge in [-0.05, 0) is 66.3 Å². The minimum absolute atomic E-state index is 0.0393. The van der Waals surface area contributed by atoms with Crippen molar-refractivity contribution in [2.24, 2.45) is 0 Å². The molecule has 7 nitrogen and oxygen atoms in total. The number of nitrogens with zero attached hydrogens (tertiary/aromatic N) is 3. The van der Waals surface area contributed by atoms with Crippen LogP contribution in [-0.4, -0.2) is 25.2 Å². The number of halogens is 1. The van der Waals surface area contributed by atoms with Crippen LogP contribution in [0.15, 0.2) is 90.0 Å². The van der Waals surface area contributed by atoms with Crippen LogP contribution in [0.25, 0.3) is 22.3 Å². The number of aromatic amines is 1. The molecule has 0 saturated heterocycles. The minimum Gasteiger partial charge on any atom is -0.348 e. The van der Waals surface area contributed by atoms with E-state index >= 15 is 0 Å². The summed E-state index contributed by atoms with van der Waals surface area (Å²) in [5.74, 6) is -0.854. The Morgan fingerprint density at radius 2 is 1.85 bits per heavy atom. The fourth-order valence-corrected chi connectivity index (χ4v) is 3.97. The Morgan fingerprint density at radius 1 is 1.06 bits per heavy atom. The number of para-hydroxylation sites is 1. The zero-order valence-electron chi connectivity index (χ0n) is 17.7. The van der Waals surface area contributed by atoms with E-state index in [2.05, 4.69) is 15.4 Å². The van der Waals surface area contributed by atoms with Gasteiger partial charge in [0.25, 0.3) is 11.5 Å². The summed E-state index contributed by atoms with van der Waals surface area (Å²) >= 11 is 5.31. The summed E-state index contributed by atoms with van der Waals surface area (Å²) in [5, 5.41) is 7.36. The van der Waals surface area contributed by atoms with E-state index in [1.54, 1.807) is 29.1 Å². The van der Waals surface area contributed by atoms with Gasteiger partial charge in [0.1, 0.15) is 5.82 Å². The summed E-state index contributed by atoms with van der Waals surface area (Å²) in [7, 11) is 0. The Hall–Kier alpha value is -4.37. The molecule has 0 saturated carbocycles. The standard InChI is InChI=1S/C25H18FN5O2S/c26-20-4-1-2-5-22(20)31-24(33)19-11-8-17(14-21(19)29-25(31)34)23(32)27-15-16-6-9-18(10-7-16)30-13-3-12-28-30/h1-14H,15H2,(H,27,32)(H,29,34). The largest absolute Gasteiger partial charge is 0.348 e. The summed E-state index contributed by atoms with van der Waals surface area (Å²) in [4.78, 5) is 28.7. The Kier molecular flexibility index (Phi) is 5.60. The van der Waals surface area contributed by atoms with Gasteiger partial charge < -0.3 is 10.3 Å². The third-order valence-electron chi connectivity index (χ3n) is 5.41. The number of amides is 1. The quantitative estimate of drug-likeness (QED) is 0.374. The SMILES string of the molecule is O=C(NCc1ccc(-n2cccn2)cc1)c1ccc2c(=O)n(-c3ccccc3F)c(=S)[nH]c2c1. The van der Waals surface area contributed by atoms with Crippen LogP contribution in [0.5, 0.6) is 0 Å². The van der Waals surface area contributed by atoms with Gasteiger partial charge >= 0.3 is 0 Å². The average Bonchev–Trinajstić information content (AvgIpc) is 3.39. The number of carbonyl (C=O) groups excluding carboxylic acids is 1. The summed E-state index contributed by atoms with van der Waals surface area (Å²) < 4.78 is 17.1. The second kappa shape index (κ2) is 8.87. The third-order valence-corrected chi connectivity index (χ3v) is 5.70. The van der Waals surface area contributed by atoms with Crippen LogP contribution in [0.3, 0.4) is 0 Å².